The van der Waals surface area contributed by atoms with Crippen molar-refractivity contribution in [2.45, 2.75) is 26.3 Å². The van der Waals surface area contributed by atoms with Gasteiger partial charge in [-0.1, -0.05) is 23.5 Å². The van der Waals surface area contributed by atoms with Crippen LogP contribution in [0.1, 0.15) is 28.5 Å². The van der Waals surface area contributed by atoms with Crippen molar-refractivity contribution in [3.05, 3.63) is 39.8 Å². The number of hydrogen-bond acceptors (Lipinski definition) is 6. The van der Waals surface area contributed by atoms with Crippen LogP contribution in [0.5, 0.6) is 0 Å². The Morgan fingerprint density at radius 3 is 2.85 bits per heavy atom. The van der Waals surface area contributed by atoms with E-state index in [1.54, 1.807) is 11.3 Å². The molecule has 0 spiro atoms. The summed E-state index contributed by atoms with van der Waals surface area (Å²) >= 11 is 3.24. The molecule has 0 saturated heterocycles. The summed E-state index contributed by atoms with van der Waals surface area (Å²) in [5, 5.41) is 8.79. The molecule has 0 fully saturated rings. The number of fused-ring (bicyclic) bond motifs is 1. The van der Waals surface area contributed by atoms with Crippen molar-refractivity contribution in [3.8, 4) is 0 Å². The maximum atomic E-state index is 4.72. The van der Waals surface area contributed by atoms with E-state index >= 15 is 0 Å². The SMILES string of the molecule is CCNC(Cc1nc2ccccc2s1)c1snnc1C. The molecule has 1 N–H and O–H groups in total. The summed E-state index contributed by atoms with van der Waals surface area (Å²) in [6, 6.07) is 8.53. The third-order valence-electron chi connectivity index (χ3n) is 3.17. The molecular weight excluding hydrogens is 288 g/mol. The fourth-order valence-electron chi connectivity index (χ4n) is 2.24. The van der Waals surface area contributed by atoms with Crippen molar-refractivity contribution >= 4 is 33.1 Å². The van der Waals surface area contributed by atoms with Crippen LogP contribution in [0.25, 0.3) is 10.2 Å². The van der Waals surface area contributed by atoms with Gasteiger partial charge in [-0.3, -0.25) is 0 Å². The molecule has 0 saturated carbocycles. The molecule has 4 nitrogen and oxygen atoms in total. The fraction of sp³-hybridized carbons (Fsp3) is 0.357. The van der Waals surface area contributed by atoms with Crippen molar-refractivity contribution in [1.82, 2.24) is 19.9 Å². The molecule has 2 aromatic heterocycles. The van der Waals surface area contributed by atoms with E-state index in [2.05, 4.69) is 40.0 Å². The van der Waals surface area contributed by atoms with E-state index in [0.29, 0.717) is 0 Å². The standard InChI is InChI=1S/C14H16N4S2/c1-3-15-11(14-9(2)17-18-20-14)8-13-16-10-6-4-5-7-12(10)19-13/h4-7,11,15H,3,8H2,1-2H3. The highest BCUT2D eigenvalue weighted by atomic mass is 32.1. The number of thiazole rings is 1. The van der Waals surface area contributed by atoms with Gasteiger partial charge in [-0.15, -0.1) is 16.4 Å². The first-order chi connectivity index (χ1) is 9.78. The minimum absolute atomic E-state index is 0.251. The molecule has 104 valence electrons. The highest BCUT2D eigenvalue weighted by molar-refractivity contribution is 7.18. The minimum atomic E-state index is 0.251. The van der Waals surface area contributed by atoms with E-state index in [-0.39, 0.29) is 6.04 Å². The van der Waals surface area contributed by atoms with Crippen molar-refractivity contribution in [1.29, 1.82) is 0 Å². The third kappa shape index (κ3) is 2.72. The van der Waals surface area contributed by atoms with Gasteiger partial charge >= 0.3 is 0 Å². The number of rotatable bonds is 5. The number of aromatic nitrogens is 3. The van der Waals surface area contributed by atoms with Crippen LogP contribution in [-0.4, -0.2) is 21.1 Å². The van der Waals surface area contributed by atoms with E-state index in [1.165, 1.54) is 21.1 Å². The number of para-hydroxylation sites is 1. The number of benzene rings is 1. The summed E-state index contributed by atoms with van der Waals surface area (Å²) in [7, 11) is 0. The van der Waals surface area contributed by atoms with Crippen molar-refractivity contribution in [2.24, 2.45) is 0 Å². The van der Waals surface area contributed by atoms with Gasteiger partial charge in [-0.05, 0) is 37.1 Å². The van der Waals surface area contributed by atoms with Crippen molar-refractivity contribution in [3.63, 3.8) is 0 Å². The number of nitrogens with one attached hydrogen (secondary N) is 1. The molecule has 0 aliphatic heterocycles. The molecular formula is C14H16N4S2. The van der Waals surface area contributed by atoms with Gasteiger partial charge in [0.2, 0.25) is 0 Å². The topological polar surface area (TPSA) is 50.7 Å². The van der Waals surface area contributed by atoms with Crippen LogP contribution < -0.4 is 5.32 Å². The van der Waals surface area contributed by atoms with Crippen LogP contribution in [0.3, 0.4) is 0 Å². The first-order valence-electron chi connectivity index (χ1n) is 6.64. The Hall–Kier alpha value is -1.37. The summed E-state index contributed by atoms with van der Waals surface area (Å²) in [5.41, 5.74) is 2.10. The maximum absolute atomic E-state index is 4.72. The average molecular weight is 304 g/mol. The second-order valence-corrected chi connectivity index (χ2v) is 6.51. The molecule has 1 atom stereocenters. The molecule has 0 radical (unpaired) electrons. The van der Waals surface area contributed by atoms with E-state index < -0.39 is 0 Å². The van der Waals surface area contributed by atoms with Gasteiger partial charge in [0.1, 0.15) is 0 Å². The second-order valence-electron chi connectivity index (χ2n) is 4.61. The molecule has 20 heavy (non-hydrogen) atoms. The van der Waals surface area contributed by atoms with E-state index in [4.69, 9.17) is 4.98 Å². The smallest absolute Gasteiger partial charge is 0.0957 e. The van der Waals surface area contributed by atoms with Crippen LogP contribution in [0.4, 0.5) is 0 Å². The molecule has 0 bridgehead atoms. The van der Waals surface area contributed by atoms with Crippen LogP contribution >= 0.6 is 22.9 Å². The number of hydrogen-bond donors (Lipinski definition) is 1. The fourth-order valence-corrected chi connectivity index (χ4v) is 3.97. The zero-order valence-electron chi connectivity index (χ0n) is 11.5. The summed E-state index contributed by atoms with van der Waals surface area (Å²) in [5.74, 6) is 0. The maximum Gasteiger partial charge on any atom is 0.0957 e. The Bertz CT molecular complexity index is 671. The zero-order valence-corrected chi connectivity index (χ0v) is 13.1. The third-order valence-corrected chi connectivity index (χ3v) is 5.17. The van der Waals surface area contributed by atoms with Gasteiger partial charge in [0.05, 0.1) is 31.8 Å². The predicted molar refractivity (Wildman–Crippen MR) is 84.4 cm³/mol. The highest BCUT2D eigenvalue weighted by Crippen LogP contribution is 2.28. The number of likely N-dealkylation sites (N-methyl/N-ethyl adjacent to an activating group) is 1. The van der Waals surface area contributed by atoms with Gasteiger partial charge < -0.3 is 5.32 Å². The van der Waals surface area contributed by atoms with Gasteiger partial charge in [-0.2, -0.15) is 0 Å². The Morgan fingerprint density at radius 2 is 2.15 bits per heavy atom. The van der Waals surface area contributed by atoms with E-state index in [9.17, 15) is 0 Å². The lowest BCUT2D eigenvalue weighted by Gasteiger charge is -2.14. The van der Waals surface area contributed by atoms with Crippen LogP contribution in [0.15, 0.2) is 24.3 Å². The quantitative estimate of drug-likeness (QED) is 0.785. The molecule has 1 aromatic carbocycles. The molecule has 0 amide bonds. The van der Waals surface area contributed by atoms with Crippen molar-refractivity contribution in [2.75, 3.05) is 6.54 Å². The van der Waals surface area contributed by atoms with Crippen LogP contribution in [0.2, 0.25) is 0 Å². The highest BCUT2D eigenvalue weighted by Gasteiger charge is 2.18. The van der Waals surface area contributed by atoms with E-state index in [0.717, 1.165) is 29.2 Å². The average Bonchev–Trinajstić information content (AvgIpc) is 3.03. The van der Waals surface area contributed by atoms with Crippen LogP contribution in [-0.2, 0) is 6.42 Å². The van der Waals surface area contributed by atoms with Gasteiger partial charge in [-0.25, -0.2) is 4.98 Å². The zero-order chi connectivity index (χ0) is 13.9. The van der Waals surface area contributed by atoms with Gasteiger partial charge in [0, 0.05) is 6.42 Å². The predicted octanol–water partition coefficient (Wildman–Crippen LogP) is 3.35. The van der Waals surface area contributed by atoms with Gasteiger partial charge in [0.25, 0.3) is 0 Å². The lowest BCUT2D eigenvalue weighted by molar-refractivity contribution is 0.554. The lowest BCUT2D eigenvalue weighted by atomic mass is 10.1. The molecule has 6 heteroatoms. The van der Waals surface area contributed by atoms with Crippen LogP contribution in [0, 0.1) is 6.92 Å². The first kappa shape index (κ1) is 13.6. The minimum Gasteiger partial charge on any atom is -0.309 e. The Morgan fingerprint density at radius 1 is 1.30 bits per heavy atom. The molecule has 3 rings (SSSR count). The first-order valence-corrected chi connectivity index (χ1v) is 8.23. The monoisotopic (exact) mass is 304 g/mol. The normalized spacial score (nSPS) is 12.9. The Labute approximate surface area is 126 Å². The number of aryl methyl sites for hydroxylation is 1. The number of nitrogens with zero attached hydrogens (tertiary/aromatic N) is 3. The summed E-state index contributed by atoms with van der Waals surface area (Å²) < 4.78 is 5.29. The second kappa shape index (κ2) is 5.95. The van der Waals surface area contributed by atoms with E-state index in [1.807, 2.05) is 13.0 Å². The largest absolute Gasteiger partial charge is 0.309 e. The summed E-state index contributed by atoms with van der Waals surface area (Å²) in [6.45, 7) is 5.06. The van der Waals surface area contributed by atoms with Gasteiger partial charge in [0.15, 0.2) is 0 Å². The molecule has 0 aliphatic carbocycles. The summed E-state index contributed by atoms with van der Waals surface area (Å²) in [6.07, 6.45) is 0.887. The van der Waals surface area contributed by atoms with Crippen molar-refractivity contribution < 1.29 is 0 Å². The molecule has 2 heterocycles. The molecule has 1 unspecified atom stereocenters. The Balaban J connectivity index is 1.88. The molecule has 3 aromatic rings. The lowest BCUT2D eigenvalue weighted by Crippen LogP contribution is -2.22. The Kier molecular flexibility index (Phi) is 4.05. The summed E-state index contributed by atoms with van der Waals surface area (Å²) in [4.78, 5) is 5.93. The molecule has 0 aliphatic rings.